The summed E-state index contributed by atoms with van der Waals surface area (Å²) in [6.07, 6.45) is -3.55. The number of hydrogen-bond donors (Lipinski definition) is 2. The fourth-order valence-corrected chi connectivity index (χ4v) is 3.44. The predicted molar refractivity (Wildman–Crippen MR) is 117 cm³/mol. The van der Waals surface area contributed by atoms with E-state index < -0.39 is 18.0 Å². The lowest BCUT2D eigenvalue weighted by atomic mass is 10.1. The molecule has 0 radical (unpaired) electrons. The van der Waals surface area contributed by atoms with E-state index >= 15 is 0 Å². The SMILES string of the molecule is Cc1ccc(CNC(=O)c2nnc(/C(Cl)=C/c3cccc(NC(=O)C(F)(F)F)c3)s2)cc1. The molecule has 2 amide bonds. The van der Waals surface area contributed by atoms with Gasteiger partial charge in [0.1, 0.15) is 0 Å². The molecule has 0 atom stereocenters. The average Bonchev–Trinajstić information content (AvgIpc) is 3.23. The molecular formula is C21H16ClF3N4O2S. The number of anilines is 1. The van der Waals surface area contributed by atoms with Crippen LogP contribution in [0.5, 0.6) is 0 Å². The van der Waals surface area contributed by atoms with E-state index in [1.165, 1.54) is 24.3 Å². The summed E-state index contributed by atoms with van der Waals surface area (Å²) >= 11 is 7.22. The summed E-state index contributed by atoms with van der Waals surface area (Å²) in [5, 5.41) is 12.8. The number of nitrogens with one attached hydrogen (secondary N) is 2. The molecule has 0 aliphatic rings. The Hall–Kier alpha value is -3.24. The quantitative estimate of drug-likeness (QED) is 0.519. The maximum absolute atomic E-state index is 12.4. The Labute approximate surface area is 190 Å². The Morgan fingerprint density at radius 3 is 2.47 bits per heavy atom. The third-order valence-corrected chi connectivity index (χ3v) is 5.45. The minimum Gasteiger partial charge on any atom is -0.346 e. The first-order chi connectivity index (χ1) is 15.1. The Morgan fingerprint density at radius 2 is 1.78 bits per heavy atom. The summed E-state index contributed by atoms with van der Waals surface area (Å²) in [5.74, 6) is -2.48. The van der Waals surface area contributed by atoms with Gasteiger partial charge < -0.3 is 10.6 Å². The molecule has 11 heteroatoms. The number of carbonyl (C=O) groups is 2. The molecule has 32 heavy (non-hydrogen) atoms. The van der Waals surface area contributed by atoms with Crippen LogP contribution in [0.1, 0.15) is 31.5 Å². The number of hydrogen-bond acceptors (Lipinski definition) is 5. The van der Waals surface area contributed by atoms with Crippen molar-refractivity contribution in [2.45, 2.75) is 19.6 Å². The van der Waals surface area contributed by atoms with Crippen LogP contribution in [0.4, 0.5) is 18.9 Å². The number of nitrogens with zero attached hydrogens (tertiary/aromatic N) is 2. The Bertz CT molecular complexity index is 1160. The minimum absolute atomic E-state index is 0.0426. The molecule has 1 aromatic heterocycles. The maximum atomic E-state index is 12.4. The van der Waals surface area contributed by atoms with Gasteiger partial charge in [0.2, 0.25) is 5.01 Å². The Morgan fingerprint density at radius 1 is 1.09 bits per heavy atom. The van der Waals surface area contributed by atoms with Crippen molar-refractivity contribution in [2.24, 2.45) is 0 Å². The number of halogens is 4. The second kappa shape index (κ2) is 9.92. The van der Waals surface area contributed by atoms with Crippen molar-refractivity contribution in [2.75, 3.05) is 5.32 Å². The normalized spacial score (nSPS) is 11.8. The van der Waals surface area contributed by atoms with E-state index in [1.807, 2.05) is 31.2 Å². The zero-order valence-electron chi connectivity index (χ0n) is 16.5. The first-order valence-electron chi connectivity index (χ1n) is 9.15. The van der Waals surface area contributed by atoms with Crippen LogP contribution in [0, 0.1) is 6.92 Å². The monoisotopic (exact) mass is 480 g/mol. The van der Waals surface area contributed by atoms with E-state index in [0.29, 0.717) is 12.1 Å². The minimum atomic E-state index is -4.99. The van der Waals surface area contributed by atoms with Crippen LogP contribution >= 0.6 is 22.9 Å². The van der Waals surface area contributed by atoms with Gasteiger partial charge in [-0.1, -0.05) is 64.9 Å². The second-order valence-electron chi connectivity index (χ2n) is 6.65. The lowest BCUT2D eigenvalue weighted by molar-refractivity contribution is -0.167. The number of alkyl halides is 3. The standard InChI is InChI=1S/C21H16ClF3N4O2S/c1-12-5-7-13(8-6-12)11-26-17(30)19-29-28-18(32-19)16(22)10-14-3-2-4-15(9-14)27-20(31)21(23,24)25/h2-10H,11H2,1H3,(H,26,30)(H,27,31)/b16-10-. The molecule has 3 aromatic rings. The summed E-state index contributed by atoms with van der Waals surface area (Å²) in [4.78, 5) is 23.4. The highest BCUT2D eigenvalue weighted by Crippen LogP contribution is 2.26. The molecule has 0 aliphatic heterocycles. The number of aryl methyl sites for hydroxylation is 1. The van der Waals surface area contributed by atoms with Gasteiger partial charge in [0.25, 0.3) is 5.91 Å². The number of aromatic nitrogens is 2. The summed E-state index contributed by atoms with van der Waals surface area (Å²) in [5.41, 5.74) is 2.43. The molecule has 0 spiro atoms. The van der Waals surface area contributed by atoms with Gasteiger partial charge in [-0.25, -0.2) is 0 Å². The van der Waals surface area contributed by atoms with Gasteiger partial charge in [-0.2, -0.15) is 13.2 Å². The lowest BCUT2D eigenvalue weighted by Gasteiger charge is -2.08. The van der Waals surface area contributed by atoms with E-state index in [0.717, 1.165) is 22.5 Å². The molecule has 0 saturated carbocycles. The second-order valence-corrected chi connectivity index (χ2v) is 8.03. The number of rotatable bonds is 6. The topological polar surface area (TPSA) is 84.0 Å². The highest BCUT2D eigenvalue weighted by molar-refractivity contribution is 7.15. The van der Waals surface area contributed by atoms with Crippen molar-refractivity contribution in [3.63, 3.8) is 0 Å². The van der Waals surface area contributed by atoms with E-state index in [-0.39, 0.29) is 20.7 Å². The van der Waals surface area contributed by atoms with Crippen LogP contribution < -0.4 is 10.6 Å². The smallest absolute Gasteiger partial charge is 0.346 e. The number of amides is 2. The fourth-order valence-electron chi connectivity index (χ4n) is 2.49. The first kappa shape index (κ1) is 23.4. The van der Waals surface area contributed by atoms with E-state index in [4.69, 9.17) is 11.6 Å². The van der Waals surface area contributed by atoms with Crippen LogP contribution in [0.3, 0.4) is 0 Å². The predicted octanol–water partition coefficient (Wildman–Crippen LogP) is 5.01. The van der Waals surface area contributed by atoms with Crippen molar-refractivity contribution in [1.29, 1.82) is 0 Å². The summed E-state index contributed by atoms with van der Waals surface area (Å²) in [7, 11) is 0. The van der Waals surface area contributed by atoms with Crippen molar-refractivity contribution in [1.82, 2.24) is 15.5 Å². The van der Waals surface area contributed by atoms with Crippen LogP contribution in [0.2, 0.25) is 0 Å². The summed E-state index contributed by atoms with van der Waals surface area (Å²) in [6, 6.07) is 13.4. The van der Waals surface area contributed by atoms with E-state index in [2.05, 4.69) is 15.5 Å². The molecule has 166 valence electrons. The van der Waals surface area contributed by atoms with Gasteiger partial charge in [-0.15, -0.1) is 10.2 Å². The van der Waals surface area contributed by atoms with E-state index in [1.54, 1.807) is 11.4 Å². The molecule has 0 bridgehead atoms. The number of carbonyl (C=O) groups excluding carboxylic acids is 2. The highest BCUT2D eigenvalue weighted by Gasteiger charge is 2.38. The molecule has 2 N–H and O–H groups in total. The number of benzene rings is 2. The molecule has 3 rings (SSSR count). The van der Waals surface area contributed by atoms with Gasteiger partial charge in [-0.05, 0) is 36.3 Å². The molecule has 0 fully saturated rings. The van der Waals surface area contributed by atoms with Crippen LogP contribution in [0.25, 0.3) is 11.1 Å². The van der Waals surface area contributed by atoms with Crippen molar-refractivity contribution in [3.05, 3.63) is 75.2 Å². The Balaban J connectivity index is 1.66. The van der Waals surface area contributed by atoms with E-state index in [9.17, 15) is 22.8 Å². The van der Waals surface area contributed by atoms with Crippen molar-refractivity contribution < 1.29 is 22.8 Å². The van der Waals surface area contributed by atoms with Gasteiger partial charge in [0, 0.05) is 12.2 Å². The molecule has 0 saturated heterocycles. The molecule has 0 aliphatic carbocycles. The first-order valence-corrected chi connectivity index (χ1v) is 10.3. The molecule has 0 unspecified atom stereocenters. The van der Waals surface area contributed by atoms with Crippen LogP contribution in [-0.4, -0.2) is 28.2 Å². The van der Waals surface area contributed by atoms with Gasteiger partial charge in [0.05, 0.1) is 5.03 Å². The third-order valence-electron chi connectivity index (χ3n) is 4.09. The largest absolute Gasteiger partial charge is 0.471 e. The molecular weight excluding hydrogens is 465 g/mol. The Kier molecular flexibility index (Phi) is 7.26. The fraction of sp³-hybridized carbons (Fsp3) is 0.143. The average molecular weight is 481 g/mol. The van der Waals surface area contributed by atoms with Crippen LogP contribution in [0.15, 0.2) is 48.5 Å². The lowest BCUT2D eigenvalue weighted by Crippen LogP contribution is -2.29. The molecule has 1 heterocycles. The zero-order valence-corrected chi connectivity index (χ0v) is 18.1. The van der Waals surface area contributed by atoms with Crippen molar-refractivity contribution in [3.8, 4) is 0 Å². The van der Waals surface area contributed by atoms with Gasteiger partial charge >= 0.3 is 12.1 Å². The molecule has 6 nitrogen and oxygen atoms in total. The molecule has 2 aromatic carbocycles. The zero-order chi connectivity index (χ0) is 23.3. The van der Waals surface area contributed by atoms with Gasteiger partial charge in [0.15, 0.2) is 5.01 Å². The van der Waals surface area contributed by atoms with Crippen LogP contribution in [-0.2, 0) is 11.3 Å². The summed E-state index contributed by atoms with van der Waals surface area (Å²) in [6.45, 7) is 2.30. The van der Waals surface area contributed by atoms with Gasteiger partial charge in [-0.3, -0.25) is 9.59 Å². The summed E-state index contributed by atoms with van der Waals surface area (Å²) < 4.78 is 37.2. The van der Waals surface area contributed by atoms with Crippen molar-refractivity contribution >= 4 is 51.5 Å². The maximum Gasteiger partial charge on any atom is 0.471 e. The highest BCUT2D eigenvalue weighted by atomic mass is 35.5. The third kappa shape index (κ3) is 6.38.